The molecule has 3 aromatic heterocycles. The summed E-state index contributed by atoms with van der Waals surface area (Å²) in [5.41, 5.74) is 1.48. The van der Waals surface area contributed by atoms with E-state index < -0.39 is 0 Å². The van der Waals surface area contributed by atoms with E-state index in [-0.39, 0.29) is 18.1 Å². The maximum absolute atomic E-state index is 12.7. The molecule has 8 heteroatoms. The SMILES string of the molecule is CCc1c(C)sc2ncn3c(=O)n(CC(=O)N4CCCCCC4)nc3c12. The first-order valence-corrected chi connectivity index (χ1v) is 10.1. The standard InChI is InChI=1S/C18H23N5O2S/c1-3-13-12(2)26-17-15(13)16-20-23(18(25)22(16)11-19-17)10-14(24)21-8-6-4-5-7-9-21/h11H,3-10H2,1-2H3. The van der Waals surface area contributed by atoms with Gasteiger partial charge >= 0.3 is 5.69 Å². The van der Waals surface area contributed by atoms with Crippen molar-refractivity contribution in [2.75, 3.05) is 13.1 Å². The van der Waals surface area contributed by atoms with E-state index in [4.69, 9.17) is 0 Å². The van der Waals surface area contributed by atoms with Gasteiger partial charge in [-0.15, -0.1) is 16.4 Å². The van der Waals surface area contributed by atoms with E-state index in [9.17, 15) is 9.59 Å². The summed E-state index contributed by atoms with van der Waals surface area (Å²) in [7, 11) is 0. The number of hydrogen-bond donors (Lipinski definition) is 0. The molecule has 0 radical (unpaired) electrons. The van der Waals surface area contributed by atoms with E-state index in [0.717, 1.165) is 42.6 Å². The monoisotopic (exact) mass is 373 g/mol. The number of nitrogens with zero attached hydrogens (tertiary/aromatic N) is 5. The fraction of sp³-hybridized carbons (Fsp3) is 0.556. The lowest BCUT2D eigenvalue weighted by Crippen LogP contribution is -2.37. The van der Waals surface area contributed by atoms with Crippen molar-refractivity contribution in [1.82, 2.24) is 24.1 Å². The highest BCUT2D eigenvalue weighted by molar-refractivity contribution is 7.18. The number of aryl methyl sites for hydroxylation is 2. The zero-order valence-corrected chi connectivity index (χ0v) is 16.0. The summed E-state index contributed by atoms with van der Waals surface area (Å²) < 4.78 is 2.75. The number of carbonyl (C=O) groups is 1. The Morgan fingerprint density at radius 1 is 1.23 bits per heavy atom. The third-order valence-electron chi connectivity index (χ3n) is 5.17. The summed E-state index contributed by atoms with van der Waals surface area (Å²) in [6, 6.07) is 0. The molecule has 7 nitrogen and oxygen atoms in total. The predicted octanol–water partition coefficient (Wildman–Crippen LogP) is 2.38. The Morgan fingerprint density at radius 3 is 2.65 bits per heavy atom. The molecular formula is C18H23N5O2S. The van der Waals surface area contributed by atoms with E-state index in [1.807, 2.05) is 4.90 Å². The van der Waals surface area contributed by atoms with Crippen LogP contribution in [0.4, 0.5) is 0 Å². The minimum Gasteiger partial charge on any atom is -0.341 e. The summed E-state index contributed by atoms with van der Waals surface area (Å²) in [6.45, 7) is 5.70. The molecule has 0 spiro atoms. The third-order valence-corrected chi connectivity index (χ3v) is 6.23. The van der Waals surface area contributed by atoms with Crippen molar-refractivity contribution in [2.45, 2.75) is 52.5 Å². The van der Waals surface area contributed by atoms with Gasteiger partial charge in [0, 0.05) is 18.0 Å². The van der Waals surface area contributed by atoms with Gasteiger partial charge in [-0.25, -0.2) is 18.9 Å². The van der Waals surface area contributed by atoms with Crippen LogP contribution in [0.1, 0.15) is 43.0 Å². The fourth-order valence-electron chi connectivity index (χ4n) is 3.77. The number of thiophene rings is 1. The second-order valence-corrected chi connectivity index (χ2v) is 8.05. The maximum Gasteiger partial charge on any atom is 0.352 e. The van der Waals surface area contributed by atoms with Crippen molar-refractivity contribution >= 4 is 33.1 Å². The van der Waals surface area contributed by atoms with Gasteiger partial charge in [0.2, 0.25) is 5.91 Å². The van der Waals surface area contributed by atoms with Gasteiger partial charge in [0.05, 0.1) is 5.39 Å². The average Bonchev–Trinajstić information content (AvgIpc) is 2.97. The highest BCUT2D eigenvalue weighted by Gasteiger charge is 2.20. The molecule has 0 saturated carbocycles. The minimum absolute atomic E-state index is 0.00736. The second kappa shape index (κ2) is 6.83. The lowest BCUT2D eigenvalue weighted by molar-refractivity contribution is -0.132. The Labute approximate surface area is 155 Å². The van der Waals surface area contributed by atoms with Crippen molar-refractivity contribution in [1.29, 1.82) is 0 Å². The summed E-state index contributed by atoms with van der Waals surface area (Å²) in [5, 5.41) is 5.45. The predicted molar refractivity (Wildman–Crippen MR) is 102 cm³/mol. The smallest absolute Gasteiger partial charge is 0.341 e. The molecule has 1 aliphatic rings. The molecule has 4 heterocycles. The maximum atomic E-state index is 12.7. The molecule has 26 heavy (non-hydrogen) atoms. The van der Waals surface area contributed by atoms with Crippen LogP contribution in [0.25, 0.3) is 15.9 Å². The normalized spacial score (nSPS) is 15.7. The Hall–Kier alpha value is -2.22. The number of likely N-dealkylation sites (tertiary alicyclic amines) is 1. The van der Waals surface area contributed by atoms with Gasteiger partial charge < -0.3 is 4.90 Å². The number of carbonyl (C=O) groups excluding carboxylic acids is 1. The summed E-state index contributed by atoms with van der Waals surface area (Å²) in [4.78, 5) is 33.7. The molecular weight excluding hydrogens is 350 g/mol. The van der Waals surface area contributed by atoms with E-state index in [1.165, 1.54) is 38.7 Å². The first-order chi connectivity index (χ1) is 12.6. The van der Waals surface area contributed by atoms with Gasteiger partial charge in [-0.1, -0.05) is 19.8 Å². The Morgan fingerprint density at radius 2 is 1.96 bits per heavy atom. The molecule has 0 atom stereocenters. The highest BCUT2D eigenvalue weighted by Crippen LogP contribution is 2.31. The molecule has 1 saturated heterocycles. The zero-order valence-electron chi connectivity index (χ0n) is 15.2. The largest absolute Gasteiger partial charge is 0.352 e. The first kappa shape index (κ1) is 17.2. The van der Waals surface area contributed by atoms with Crippen molar-refractivity contribution in [3.8, 4) is 0 Å². The Kier molecular flexibility index (Phi) is 4.52. The van der Waals surface area contributed by atoms with Crippen molar-refractivity contribution in [3.05, 3.63) is 27.3 Å². The lowest BCUT2D eigenvalue weighted by Gasteiger charge is -2.19. The highest BCUT2D eigenvalue weighted by atomic mass is 32.1. The van der Waals surface area contributed by atoms with Crippen molar-refractivity contribution in [3.63, 3.8) is 0 Å². The number of rotatable bonds is 3. The van der Waals surface area contributed by atoms with Gasteiger partial charge in [-0.05, 0) is 31.7 Å². The molecule has 0 aromatic carbocycles. The van der Waals surface area contributed by atoms with Gasteiger partial charge in [-0.2, -0.15) is 0 Å². The number of fused-ring (bicyclic) bond motifs is 3. The quantitative estimate of drug-likeness (QED) is 0.707. The number of hydrogen-bond acceptors (Lipinski definition) is 5. The van der Waals surface area contributed by atoms with E-state index in [0.29, 0.717) is 5.65 Å². The molecule has 1 aliphatic heterocycles. The number of amides is 1. The van der Waals surface area contributed by atoms with Crippen molar-refractivity contribution < 1.29 is 4.79 Å². The molecule has 0 N–H and O–H groups in total. The van der Waals surface area contributed by atoms with Gasteiger partial charge in [0.15, 0.2) is 5.65 Å². The van der Waals surface area contributed by atoms with Crippen molar-refractivity contribution in [2.24, 2.45) is 0 Å². The molecule has 3 aromatic rings. The van der Waals surface area contributed by atoms with Crippen LogP contribution < -0.4 is 5.69 Å². The van der Waals surface area contributed by atoms with Crippen LogP contribution in [0.3, 0.4) is 0 Å². The molecule has 0 aliphatic carbocycles. The topological polar surface area (TPSA) is 72.5 Å². The van der Waals surface area contributed by atoms with Gasteiger partial charge in [-0.3, -0.25) is 4.79 Å². The zero-order chi connectivity index (χ0) is 18.3. The minimum atomic E-state index is -0.302. The van der Waals surface area contributed by atoms with Gasteiger partial charge in [0.25, 0.3) is 0 Å². The molecule has 1 fully saturated rings. The average molecular weight is 373 g/mol. The van der Waals surface area contributed by atoms with E-state index in [1.54, 1.807) is 11.3 Å². The second-order valence-electron chi connectivity index (χ2n) is 6.84. The van der Waals surface area contributed by atoms with E-state index >= 15 is 0 Å². The van der Waals surface area contributed by atoms with Crippen LogP contribution in [-0.2, 0) is 17.8 Å². The summed E-state index contributed by atoms with van der Waals surface area (Å²) in [6.07, 6.45) is 6.78. The van der Waals surface area contributed by atoms with Gasteiger partial charge in [0.1, 0.15) is 17.7 Å². The van der Waals surface area contributed by atoms with Crippen LogP contribution in [0.15, 0.2) is 11.1 Å². The summed E-state index contributed by atoms with van der Waals surface area (Å²) >= 11 is 1.62. The first-order valence-electron chi connectivity index (χ1n) is 9.24. The van der Waals surface area contributed by atoms with Crippen LogP contribution in [0.5, 0.6) is 0 Å². The molecule has 0 unspecified atom stereocenters. The van der Waals surface area contributed by atoms with Crippen LogP contribution in [0.2, 0.25) is 0 Å². The lowest BCUT2D eigenvalue weighted by atomic mass is 10.1. The Balaban J connectivity index is 1.74. The van der Waals surface area contributed by atoms with Crippen LogP contribution in [-0.4, -0.2) is 43.1 Å². The number of aromatic nitrogens is 4. The summed E-state index contributed by atoms with van der Waals surface area (Å²) in [5.74, 6) is -0.0289. The van der Waals surface area contributed by atoms with Crippen LogP contribution >= 0.6 is 11.3 Å². The molecule has 138 valence electrons. The molecule has 0 bridgehead atoms. The third kappa shape index (κ3) is 2.82. The fourth-order valence-corrected chi connectivity index (χ4v) is 4.84. The molecule has 1 amide bonds. The molecule has 4 rings (SSSR count). The Bertz CT molecular complexity index is 1020. The van der Waals surface area contributed by atoms with Crippen LogP contribution in [0, 0.1) is 6.92 Å². The van der Waals surface area contributed by atoms with E-state index in [2.05, 4.69) is 23.9 Å².